The Morgan fingerprint density at radius 3 is 2.53 bits per heavy atom. The van der Waals surface area contributed by atoms with E-state index in [4.69, 9.17) is 15.6 Å². The first-order chi connectivity index (χ1) is 9.00. The minimum atomic E-state index is -1.06. The molecule has 0 spiro atoms. The molecule has 98 valence electrons. The number of benzene rings is 2. The van der Waals surface area contributed by atoms with Crippen LogP contribution in [0.2, 0.25) is 0 Å². The number of rotatable bonds is 3. The van der Waals surface area contributed by atoms with Crippen LogP contribution in [0.15, 0.2) is 36.4 Å². The summed E-state index contributed by atoms with van der Waals surface area (Å²) in [5.41, 5.74) is 8.20. The minimum absolute atomic E-state index is 0.0564. The lowest BCUT2D eigenvalue weighted by Gasteiger charge is -2.14. The van der Waals surface area contributed by atoms with Gasteiger partial charge in [0.2, 0.25) is 0 Å². The molecule has 4 heteroatoms. The highest BCUT2D eigenvalue weighted by molar-refractivity contribution is 5.93. The third-order valence-electron chi connectivity index (χ3n) is 3.04. The number of aryl methyl sites for hydroxylation is 1. The second-order valence-corrected chi connectivity index (χ2v) is 4.33. The number of aromatic carboxylic acids is 1. The van der Waals surface area contributed by atoms with Crippen LogP contribution >= 0.6 is 0 Å². The number of nitrogen functional groups attached to an aromatic ring is 1. The van der Waals surface area contributed by atoms with E-state index >= 15 is 0 Å². The van der Waals surface area contributed by atoms with Crippen LogP contribution in [0.5, 0.6) is 11.5 Å². The summed E-state index contributed by atoms with van der Waals surface area (Å²) in [4.78, 5) is 11.2. The number of hydrogen-bond acceptors (Lipinski definition) is 3. The fourth-order valence-electron chi connectivity index (χ4n) is 1.78. The molecule has 0 radical (unpaired) electrons. The summed E-state index contributed by atoms with van der Waals surface area (Å²) in [7, 11) is 0. The zero-order valence-electron chi connectivity index (χ0n) is 10.8. The van der Waals surface area contributed by atoms with Gasteiger partial charge in [-0.3, -0.25) is 0 Å². The molecule has 0 aromatic heterocycles. The molecule has 0 saturated heterocycles. The monoisotopic (exact) mass is 257 g/mol. The van der Waals surface area contributed by atoms with Gasteiger partial charge in [0.15, 0.2) is 5.75 Å². The Bertz CT molecular complexity index is 635. The number of ether oxygens (including phenoxy) is 1. The van der Waals surface area contributed by atoms with Gasteiger partial charge in [0.1, 0.15) is 11.3 Å². The second kappa shape index (κ2) is 5.02. The molecule has 4 nitrogen and oxygen atoms in total. The molecule has 3 N–H and O–H groups in total. The maximum Gasteiger partial charge on any atom is 0.339 e. The molecular formula is C15H15NO3. The number of carboxylic acids is 1. The lowest BCUT2D eigenvalue weighted by atomic mass is 10.1. The van der Waals surface area contributed by atoms with Crippen LogP contribution in [0.3, 0.4) is 0 Å². The van der Waals surface area contributed by atoms with Gasteiger partial charge in [-0.1, -0.05) is 18.2 Å². The fourth-order valence-corrected chi connectivity index (χ4v) is 1.78. The number of hydrogen-bond donors (Lipinski definition) is 2. The van der Waals surface area contributed by atoms with Crippen molar-refractivity contribution < 1.29 is 14.6 Å². The lowest BCUT2D eigenvalue weighted by molar-refractivity contribution is 0.0694. The number of nitrogens with two attached hydrogens (primary N) is 1. The van der Waals surface area contributed by atoms with Crippen LogP contribution in [-0.4, -0.2) is 11.1 Å². The molecule has 0 bridgehead atoms. The van der Waals surface area contributed by atoms with E-state index in [-0.39, 0.29) is 11.3 Å². The van der Waals surface area contributed by atoms with Crippen molar-refractivity contribution in [3.63, 3.8) is 0 Å². The molecule has 0 fully saturated rings. The van der Waals surface area contributed by atoms with Crippen molar-refractivity contribution in [2.24, 2.45) is 0 Å². The summed E-state index contributed by atoms with van der Waals surface area (Å²) >= 11 is 0. The number of carbonyl (C=O) groups is 1. The number of carboxylic acid groups (broad SMARTS) is 1. The molecule has 0 saturated carbocycles. The van der Waals surface area contributed by atoms with Gasteiger partial charge in [0.25, 0.3) is 0 Å². The average Bonchev–Trinajstić information content (AvgIpc) is 2.36. The van der Waals surface area contributed by atoms with Gasteiger partial charge in [-0.15, -0.1) is 0 Å². The van der Waals surface area contributed by atoms with Crippen LogP contribution in [0.1, 0.15) is 21.5 Å². The van der Waals surface area contributed by atoms with Gasteiger partial charge in [-0.05, 0) is 43.2 Å². The fraction of sp³-hybridized carbons (Fsp3) is 0.133. The van der Waals surface area contributed by atoms with Crippen molar-refractivity contribution in [1.82, 2.24) is 0 Å². The molecular weight excluding hydrogens is 242 g/mol. The summed E-state index contributed by atoms with van der Waals surface area (Å²) in [6.45, 7) is 3.89. The molecule has 0 amide bonds. The molecule has 19 heavy (non-hydrogen) atoms. The van der Waals surface area contributed by atoms with Crippen molar-refractivity contribution in [2.75, 3.05) is 5.73 Å². The molecule has 0 aliphatic rings. The van der Waals surface area contributed by atoms with Crippen molar-refractivity contribution in [1.29, 1.82) is 0 Å². The van der Waals surface area contributed by atoms with Gasteiger partial charge in [-0.2, -0.15) is 0 Å². The van der Waals surface area contributed by atoms with E-state index in [0.29, 0.717) is 11.4 Å². The summed E-state index contributed by atoms with van der Waals surface area (Å²) in [5.74, 6) is -0.267. The minimum Gasteiger partial charge on any atom is -0.478 e. The Morgan fingerprint density at radius 2 is 1.84 bits per heavy atom. The van der Waals surface area contributed by atoms with E-state index in [1.807, 2.05) is 26.0 Å². The van der Waals surface area contributed by atoms with Crippen molar-refractivity contribution >= 4 is 11.7 Å². The molecule has 0 heterocycles. The Labute approximate surface area is 111 Å². The summed E-state index contributed by atoms with van der Waals surface area (Å²) < 4.78 is 5.71. The number of para-hydroxylation sites is 1. The maximum absolute atomic E-state index is 11.2. The quantitative estimate of drug-likeness (QED) is 0.827. The third-order valence-corrected chi connectivity index (χ3v) is 3.04. The van der Waals surface area contributed by atoms with Crippen LogP contribution in [0.25, 0.3) is 0 Å². The van der Waals surface area contributed by atoms with Gasteiger partial charge in [0.05, 0.1) is 5.69 Å². The highest BCUT2D eigenvalue weighted by atomic mass is 16.5. The lowest BCUT2D eigenvalue weighted by Crippen LogP contribution is -2.03. The maximum atomic E-state index is 11.2. The largest absolute Gasteiger partial charge is 0.478 e. The molecule has 0 aliphatic carbocycles. The van der Waals surface area contributed by atoms with E-state index in [0.717, 1.165) is 11.1 Å². The van der Waals surface area contributed by atoms with Gasteiger partial charge >= 0.3 is 5.97 Å². The highest BCUT2D eigenvalue weighted by Crippen LogP contribution is 2.33. The predicted octanol–water partition coefficient (Wildman–Crippen LogP) is 3.38. The van der Waals surface area contributed by atoms with Crippen LogP contribution in [-0.2, 0) is 0 Å². The van der Waals surface area contributed by atoms with Gasteiger partial charge in [-0.25, -0.2) is 4.79 Å². The average molecular weight is 257 g/mol. The van der Waals surface area contributed by atoms with Crippen LogP contribution in [0, 0.1) is 13.8 Å². The third kappa shape index (κ3) is 2.52. The topological polar surface area (TPSA) is 72.5 Å². The first-order valence-corrected chi connectivity index (χ1v) is 5.86. The highest BCUT2D eigenvalue weighted by Gasteiger charge is 2.15. The van der Waals surface area contributed by atoms with E-state index in [2.05, 4.69) is 0 Å². The smallest absolute Gasteiger partial charge is 0.339 e. The summed E-state index contributed by atoms with van der Waals surface area (Å²) in [6.07, 6.45) is 0. The normalized spacial score (nSPS) is 10.2. The molecule has 0 unspecified atom stereocenters. The van der Waals surface area contributed by atoms with E-state index in [1.165, 1.54) is 6.07 Å². The number of anilines is 1. The molecule has 2 aromatic carbocycles. The first kappa shape index (κ1) is 13.0. The van der Waals surface area contributed by atoms with E-state index in [1.54, 1.807) is 18.2 Å². The molecule has 2 aromatic rings. The second-order valence-electron chi connectivity index (χ2n) is 4.33. The van der Waals surface area contributed by atoms with Crippen LogP contribution in [0.4, 0.5) is 5.69 Å². The van der Waals surface area contributed by atoms with Crippen LogP contribution < -0.4 is 10.5 Å². The molecule has 2 rings (SSSR count). The first-order valence-electron chi connectivity index (χ1n) is 5.86. The zero-order chi connectivity index (χ0) is 14.0. The standard InChI is InChI=1S/C15H15NO3/c1-9-5-3-8-13(10(9)2)19-14-11(15(17)18)6-4-7-12(14)16/h3-8H,16H2,1-2H3,(H,17,18). The summed E-state index contributed by atoms with van der Waals surface area (Å²) in [5, 5.41) is 9.16. The predicted molar refractivity (Wildman–Crippen MR) is 73.8 cm³/mol. The van der Waals surface area contributed by atoms with Gasteiger partial charge < -0.3 is 15.6 Å². The van der Waals surface area contributed by atoms with Crippen molar-refractivity contribution in [3.8, 4) is 11.5 Å². The zero-order valence-corrected chi connectivity index (χ0v) is 10.8. The molecule has 0 aliphatic heterocycles. The SMILES string of the molecule is Cc1cccc(Oc2c(N)cccc2C(=O)O)c1C. The Morgan fingerprint density at radius 1 is 1.16 bits per heavy atom. The van der Waals surface area contributed by atoms with E-state index in [9.17, 15) is 4.79 Å². The van der Waals surface area contributed by atoms with E-state index < -0.39 is 5.97 Å². The molecule has 0 atom stereocenters. The Hall–Kier alpha value is -2.49. The summed E-state index contributed by atoms with van der Waals surface area (Å²) in [6, 6.07) is 10.3. The Balaban J connectivity index is 2.49. The van der Waals surface area contributed by atoms with Gasteiger partial charge in [0, 0.05) is 0 Å². The van der Waals surface area contributed by atoms with Crippen molar-refractivity contribution in [3.05, 3.63) is 53.1 Å². The van der Waals surface area contributed by atoms with Crippen molar-refractivity contribution in [2.45, 2.75) is 13.8 Å². The Kier molecular flexibility index (Phi) is 3.42.